The third-order valence-electron chi connectivity index (χ3n) is 4.77. The molecule has 0 radical (unpaired) electrons. The molecular formula is C17H26S. The highest BCUT2D eigenvalue weighted by atomic mass is 32.2. The summed E-state index contributed by atoms with van der Waals surface area (Å²) in [5.41, 5.74) is 7.77. The van der Waals surface area contributed by atoms with E-state index in [1.807, 2.05) is 0 Å². The summed E-state index contributed by atoms with van der Waals surface area (Å²) in [6.45, 7) is 14.4. The highest BCUT2D eigenvalue weighted by molar-refractivity contribution is 8.01. The van der Waals surface area contributed by atoms with Crippen LogP contribution in [0.15, 0.2) is 22.3 Å². The maximum Gasteiger partial charge on any atom is 0.0306 e. The van der Waals surface area contributed by atoms with Gasteiger partial charge in [0.15, 0.2) is 0 Å². The summed E-state index contributed by atoms with van der Waals surface area (Å²) in [5.74, 6) is 0. The quantitative estimate of drug-likeness (QED) is 0.567. The van der Waals surface area contributed by atoms with E-state index in [0.717, 1.165) is 10.5 Å². The van der Waals surface area contributed by atoms with Crippen molar-refractivity contribution in [2.45, 2.75) is 71.3 Å². The van der Waals surface area contributed by atoms with Crippen LogP contribution in [-0.2, 0) is 0 Å². The van der Waals surface area contributed by atoms with Crippen LogP contribution in [0, 0.1) is 10.8 Å². The van der Waals surface area contributed by atoms with Crippen LogP contribution in [0.4, 0.5) is 0 Å². The number of hydrogen-bond donors (Lipinski definition) is 0. The van der Waals surface area contributed by atoms with Crippen LogP contribution in [0.1, 0.15) is 60.8 Å². The number of fused-ring (bicyclic) bond motifs is 5. The third-order valence-corrected chi connectivity index (χ3v) is 6.37. The molecule has 0 aromatic heterocycles. The predicted molar refractivity (Wildman–Crippen MR) is 82.0 cm³/mol. The maximum absolute atomic E-state index is 2.40. The molecule has 0 saturated carbocycles. The van der Waals surface area contributed by atoms with Crippen LogP contribution in [0.2, 0.25) is 0 Å². The molecule has 0 aromatic carbocycles. The summed E-state index contributed by atoms with van der Waals surface area (Å²) in [7, 11) is 0. The lowest BCUT2D eigenvalue weighted by Crippen LogP contribution is -2.15. The molecule has 0 spiro atoms. The van der Waals surface area contributed by atoms with Crippen molar-refractivity contribution < 1.29 is 0 Å². The molecule has 2 saturated heterocycles. The lowest BCUT2D eigenvalue weighted by molar-refractivity contribution is 0.455. The topological polar surface area (TPSA) is 0 Å². The molecule has 0 amide bonds. The fraction of sp³-hybridized carbons (Fsp3) is 0.765. The number of hydrogen-bond acceptors (Lipinski definition) is 1. The zero-order valence-electron chi connectivity index (χ0n) is 12.7. The van der Waals surface area contributed by atoms with E-state index in [1.54, 1.807) is 22.3 Å². The van der Waals surface area contributed by atoms with Gasteiger partial charge in [0.25, 0.3) is 0 Å². The Hall–Kier alpha value is -0.170. The fourth-order valence-corrected chi connectivity index (χ4v) is 5.58. The van der Waals surface area contributed by atoms with Gasteiger partial charge in [0.05, 0.1) is 0 Å². The minimum Gasteiger partial charge on any atom is -0.146 e. The van der Waals surface area contributed by atoms with Crippen molar-refractivity contribution in [2.24, 2.45) is 10.8 Å². The first-order valence-electron chi connectivity index (χ1n) is 7.32. The summed E-state index contributed by atoms with van der Waals surface area (Å²) >= 11 is 2.25. The molecule has 100 valence electrons. The normalized spacial score (nSPS) is 31.7. The van der Waals surface area contributed by atoms with Gasteiger partial charge in [0, 0.05) is 10.5 Å². The van der Waals surface area contributed by atoms with E-state index >= 15 is 0 Å². The van der Waals surface area contributed by atoms with Crippen LogP contribution in [-0.4, -0.2) is 10.5 Å². The average molecular weight is 262 g/mol. The van der Waals surface area contributed by atoms with Crippen molar-refractivity contribution in [3.05, 3.63) is 22.3 Å². The summed E-state index contributed by atoms with van der Waals surface area (Å²) in [5, 5.41) is 1.66. The van der Waals surface area contributed by atoms with Gasteiger partial charge in [0.1, 0.15) is 0 Å². The van der Waals surface area contributed by atoms with Gasteiger partial charge in [-0.1, -0.05) is 52.7 Å². The molecule has 18 heavy (non-hydrogen) atoms. The second kappa shape index (κ2) is 3.69. The minimum atomic E-state index is 0.346. The van der Waals surface area contributed by atoms with E-state index in [-0.39, 0.29) is 0 Å². The molecule has 1 aliphatic carbocycles. The Morgan fingerprint density at radius 3 is 1.50 bits per heavy atom. The van der Waals surface area contributed by atoms with Gasteiger partial charge in [-0.3, -0.25) is 0 Å². The summed E-state index contributed by atoms with van der Waals surface area (Å²) in [6, 6.07) is 0. The molecule has 0 nitrogen and oxygen atoms in total. The first-order valence-corrected chi connectivity index (χ1v) is 8.27. The highest BCUT2D eigenvalue weighted by Crippen LogP contribution is 2.62. The average Bonchev–Trinajstić information content (AvgIpc) is 2.85. The van der Waals surface area contributed by atoms with Crippen LogP contribution in [0.5, 0.6) is 0 Å². The van der Waals surface area contributed by atoms with Gasteiger partial charge in [0.2, 0.25) is 0 Å². The molecule has 2 aliphatic heterocycles. The highest BCUT2D eigenvalue weighted by Gasteiger charge is 2.48. The lowest BCUT2D eigenvalue weighted by atomic mass is 9.79. The predicted octanol–water partition coefficient (Wildman–Crippen LogP) is 5.35. The first kappa shape index (κ1) is 12.8. The van der Waals surface area contributed by atoms with E-state index in [4.69, 9.17) is 0 Å². The molecule has 1 heteroatoms. The molecule has 0 aromatic rings. The van der Waals surface area contributed by atoms with Gasteiger partial charge in [-0.15, -0.1) is 11.8 Å². The molecule has 2 fully saturated rings. The number of rotatable bonds is 0. The molecule has 2 atom stereocenters. The Bertz CT molecular complexity index is 409. The lowest BCUT2D eigenvalue weighted by Gasteiger charge is -2.27. The van der Waals surface area contributed by atoms with Crippen molar-refractivity contribution in [3.63, 3.8) is 0 Å². The van der Waals surface area contributed by atoms with Gasteiger partial charge < -0.3 is 0 Å². The van der Waals surface area contributed by atoms with Gasteiger partial charge in [-0.05, 0) is 41.2 Å². The van der Waals surface area contributed by atoms with Crippen LogP contribution in [0.3, 0.4) is 0 Å². The first-order chi connectivity index (χ1) is 8.19. The molecule has 0 N–H and O–H groups in total. The smallest absolute Gasteiger partial charge is 0.0306 e. The number of thioether (sulfide) groups is 1. The standard InChI is InChI=1S/C17H26S/c1-16(2,3)10-9-11(17(4,5)6)15-13-8-7-12(18-13)14(10)15/h12-13H,7-9H2,1-6H3. The monoisotopic (exact) mass is 262 g/mol. The van der Waals surface area contributed by atoms with Crippen LogP contribution >= 0.6 is 11.8 Å². The van der Waals surface area contributed by atoms with E-state index in [9.17, 15) is 0 Å². The third kappa shape index (κ3) is 1.73. The Balaban J connectivity index is 2.13. The van der Waals surface area contributed by atoms with Gasteiger partial charge in [-0.25, -0.2) is 0 Å². The molecular weight excluding hydrogens is 236 g/mol. The van der Waals surface area contributed by atoms with E-state index in [1.165, 1.54) is 19.3 Å². The van der Waals surface area contributed by atoms with Crippen LogP contribution in [0.25, 0.3) is 0 Å². The molecule has 2 heterocycles. The molecule has 3 rings (SSSR count). The van der Waals surface area contributed by atoms with Crippen molar-refractivity contribution in [1.82, 2.24) is 0 Å². The molecule has 3 aliphatic rings. The maximum atomic E-state index is 2.40. The van der Waals surface area contributed by atoms with E-state index < -0.39 is 0 Å². The van der Waals surface area contributed by atoms with Gasteiger partial charge in [-0.2, -0.15) is 0 Å². The van der Waals surface area contributed by atoms with E-state index in [0.29, 0.717) is 10.8 Å². The second-order valence-corrected chi connectivity index (χ2v) is 9.56. The Labute approximate surface area is 116 Å². The van der Waals surface area contributed by atoms with Gasteiger partial charge >= 0.3 is 0 Å². The van der Waals surface area contributed by atoms with Crippen molar-refractivity contribution in [1.29, 1.82) is 0 Å². The summed E-state index contributed by atoms with van der Waals surface area (Å²) in [4.78, 5) is 0. The zero-order chi connectivity index (χ0) is 13.3. The van der Waals surface area contributed by atoms with Crippen molar-refractivity contribution in [2.75, 3.05) is 0 Å². The number of allylic oxidation sites excluding steroid dienone is 2. The Morgan fingerprint density at radius 1 is 0.778 bits per heavy atom. The zero-order valence-corrected chi connectivity index (χ0v) is 13.5. The molecule has 2 bridgehead atoms. The van der Waals surface area contributed by atoms with Crippen molar-refractivity contribution >= 4 is 11.8 Å². The largest absolute Gasteiger partial charge is 0.146 e. The fourth-order valence-electron chi connectivity index (χ4n) is 3.83. The summed E-state index contributed by atoms with van der Waals surface area (Å²) in [6.07, 6.45) is 4.10. The van der Waals surface area contributed by atoms with Crippen molar-refractivity contribution in [3.8, 4) is 0 Å². The Morgan fingerprint density at radius 2 is 1.17 bits per heavy atom. The molecule has 2 unspecified atom stereocenters. The second-order valence-electron chi connectivity index (χ2n) is 8.15. The Kier molecular flexibility index (Phi) is 2.63. The van der Waals surface area contributed by atoms with E-state index in [2.05, 4.69) is 53.3 Å². The van der Waals surface area contributed by atoms with Crippen LogP contribution < -0.4 is 0 Å². The SMILES string of the molecule is CC(C)(C)C1=C2C(=C(C(C)(C)C)C1)C1CCC2S1. The summed E-state index contributed by atoms with van der Waals surface area (Å²) < 4.78 is 0. The minimum absolute atomic E-state index is 0.346.